The van der Waals surface area contributed by atoms with Crippen LogP contribution in [0.3, 0.4) is 0 Å². The number of ether oxygens (including phenoxy) is 2. The average molecular weight is 308 g/mol. The quantitative estimate of drug-likeness (QED) is 0.930. The zero-order valence-electron chi connectivity index (χ0n) is 11.9. The summed E-state index contributed by atoms with van der Waals surface area (Å²) in [6.45, 7) is 3.27. The van der Waals surface area contributed by atoms with Crippen molar-refractivity contribution in [3.05, 3.63) is 46.4 Å². The number of halogens is 1. The number of carbonyl (C=O) groups excluding carboxylic acids is 1. The van der Waals surface area contributed by atoms with Crippen LogP contribution in [-0.4, -0.2) is 25.7 Å². The molecule has 1 aliphatic carbocycles. The maximum atomic E-state index is 12.2. The zero-order chi connectivity index (χ0) is 14.9. The van der Waals surface area contributed by atoms with Crippen LogP contribution in [0.4, 0.5) is 0 Å². The molecule has 0 unspecified atom stereocenters. The molecular formula is C16H18ClNO3. The van der Waals surface area contributed by atoms with Crippen molar-refractivity contribution in [2.45, 2.75) is 25.2 Å². The molecule has 0 aromatic heterocycles. The fourth-order valence-corrected chi connectivity index (χ4v) is 2.71. The largest absolute Gasteiger partial charge is 0.491 e. The van der Waals surface area contributed by atoms with Gasteiger partial charge >= 0.3 is 0 Å². The summed E-state index contributed by atoms with van der Waals surface area (Å²) in [5.74, 6) is 0.649. The summed E-state index contributed by atoms with van der Waals surface area (Å²) in [5.41, 5.74) is 1.27. The second-order valence-corrected chi connectivity index (χ2v) is 5.99. The van der Waals surface area contributed by atoms with Gasteiger partial charge in [0.05, 0.1) is 0 Å². The van der Waals surface area contributed by atoms with Gasteiger partial charge in [0.15, 0.2) is 0 Å². The highest BCUT2D eigenvalue weighted by Crippen LogP contribution is 2.47. The summed E-state index contributed by atoms with van der Waals surface area (Å²) in [5, 5.41) is 3.69. The summed E-state index contributed by atoms with van der Waals surface area (Å²) in [7, 11) is 0. The normalized spacial score (nSPS) is 19.5. The van der Waals surface area contributed by atoms with Crippen molar-refractivity contribution in [1.29, 1.82) is 0 Å². The summed E-state index contributed by atoms with van der Waals surface area (Å²) in [6, 6.07) is 7.85. The zero-order valence-corrected chi connectivity index (χ0v) is 12.7. The smallest absolute Gasteiger partial charge is 0.289 e. The van der Waals surface area contributed by atoms with Gasteiger partial charge in [0, 0.05) is 17.0 Å². The van der Waals surface area contributed by atoms with Crippen LogP contribution in [0.1, 0.15) is 25.3 Å². The van der Waals surface area contributed by atoms with E-state index < -0.39 is 0 Å². The third-order valence-corrected chi connectivity index (χ3v) is 4.32. The Hall–Kier alpha value is -1.68. The van der Waals surface area contributed by atoms with E-state index in [1.165, 1.54) is 5.56 Å². The lowest BCUT2D eigenvalue weighted by atomic mass is 9.96. The number of nitrogens with one attached hydrogen (secondary N) is 1. The lowest BCUT2D eigenvalue weighted by Gasteiger charge is -2.21. The van der Waals surface area contributed by atoms with Crippen LogP contribution in [0, 0.1) is 0 Å². The summed E-state index contributed by atoms with van der Waals surface area (Å²) in [4.78, 5) is 12.2. The number of rotatable bonds is 4. The van der Waals surface area contributed by atoms with E-state index in [9.17, 15) is 4.79 Å². The Balaban J connectivity index is 1.65. The number of hydrogen-bond acceptors (Lipinski definition) is 3. The van der Waals surface area contributed by atoms with Crippen LogP contribution < -0.4 is 5.32 Å². The first-order chi connectivity index (χ1) is 10.1. The van der Waals surface area contributed by atoms with E-state index in [2.05, 4.69) is 5.32 Å². The molecule has 0 saturated heterocycles. The fourth-order valence-electron chi connectivity index (χ4n) is 2.58. The second-order valence-electron chi connectivity index (χ2n) is 5.55. The molecule has 0 bridgehead atoms. The molecule has 0 radical (unpaired) electrons. The Morgan fingerprint density at radius 3 is 2.52 bits per heavy atom. The Morgan fingerprint density at radius 1 is 1.24 bits per heavy atom. The number of hydrogen-bond donors (Lipinski definition) is 1. The first kappa shape index (κ1) is 14.3. The van der Waals surface area contributed by atoms with Gasteiger partial charge in [0.2, 0.25) is 5.76 Å². The third kappa shape index (κ3) is 3.00. The molecule has 21 heavy (non-hydrogen) atoms. The van der Waals surface area contributed by atoms with E-state index in [0.29, 0.717) is 31.3 Å². The van der Waals surface area contributed by atoms with Gasteiger partial charge in [-0.3, -0.25) is 4.79 Å². The molecule has 1 aromatic rings. The third-order valence-electron chi connectivity index (χ3n) is 4.07. The molecule has 1 heterocycles. The maximum absolute atomic E-state index is 12.2. The van der Waals surface area contributed by atoms with Crippen LogP contribution >= 0.6 is 11.6 Å². The van der Waals surface area contributed by atoms with E-state index in [4.69, 9.17) is 21.1 Å². The minimum Gasteiger partial charge on any atom is -0.491 e. The molecule has 4 nitrogen and oxygen atoms in total. The molecule has 1 aromatic carbocycles. The highest BCUT2D eigenvalue weighted by atomic mass is 35.5. The van der Waals surface area contributed by atoms with E-state index in [1.54, 1.807) is 6.92 Å². The van der Waals surface area contributed by atoms with Crippen LogP contribution in [0.5, 0.6) is 0 Å². The van der Waals surface area contributed by atoms with Gasteiger partial charge in [-0.1, -0.05) is 23.7 Å². The van der Waals surface area contributed by atoms with Gasteiger partial charge in [0.25, 0.3) is 5.91 Å². The van der Waals surface area contributed by atoms with Gasteiger partial charge in [-0.2, -0.15) is 0 Å². The molecule has 2 aliphatic rings. The molecule has 1 amide bonds. The van der Waals surface area contributed by atoms with E-state index in [0.717, 1.165) is 17.9 Å². The number of allylic oxidation sites excluding steroid dienone is 1. The van der Waals surface area contributed by atoms with Crippen molar-refractivity contribution >= 4 is 17.5 Å². The van der Waals surface area contributed by atoms with E-state index in [1.807, 2.05) is 24.3 Å². The Bertz CT molecular complexity index is 576. The fraction of sp³-hybridized carbons (Fsp3) is 0.438. The predicted octanol–water partition coefficient (Wildman–Crippen LogP) is 2.77. The summed E-state index contributed by atoms with van der Waals surface area (Å²) < 4.78 is 10.7. The SMILES string of the molecule is CC1=C(C(=O)NCC2(c3ccc(Cl)cc3)CC2)OCCO1. The van der Waals surface area contributed by atoms with Crippen molar-refractivity contribution < 1.29 is 14.3 Å². The highest BCUT2D eigenvalue weighted by Gasteiger charge is 2.44. The lowest BCUT2D eigenvalue weighted by molar-refractivity contribution is -0.122. The van der Waals surface area contributed by atoms with Gasteiger partial charge in [-0.25, -0.2) is 0 Å². The monoisotopic (exact) mass is 307 g/mol. The van der Waals surface area contributed by atoms with Crippen molar-refractivity contribution in [3.8, 4) is 0 Å². The molecule has 1 aliphatic heterocycles. The first-order valence-corrected chi connectivity index (χ1v) is 7.49. The second kappa shape index (κ2) is 5.60. The highest BCUT2D eigenvalue weighted by molar-refractivity contribution is 6.30. The predicted molar refractivity (Wildman–Crippen MR) is 80.0 cm³/mol. The Kier molecular flexibility index (Phi) is 3.81. The van der Waals surface area contributed by atoms with Crippen LogP contribution in [0.2, 0.25) is 5.02 Å². The minimum absolute atomic E-state index is 0.0459. The van der Waals surface area contributed by atoms with Crippen molar-refractivity contribution in [2.75, 3.05) is 19.8 Å². The molecule has 1 fully saturated rings. The molecule has 0 atom stereocenters. The number of amides is 1. The molecule has 1 saturated carbocycles. The van der Waals surface area contributed by atoms with Crippen LogP contribution in [-0.2, 0) is 19.7 Å². The van der Waals surface area contributed by atoms with Gasteiger partial charge < -0.3 is 14.8 Å². The summed E-state index contributed by atoms with van der Waals surface area (Å²) in [6.07, 6.45) is 2.15. The average Bonchev–Trinajstić information content (AvgIpc) is 3.27. The molecule has 5 heteroatoms. The topological polar surface area (TPSA) is 47.6 Å². The van der Waals surface area contributed by atoms with Crippen molar-refractivity contribution in [2.24, 2.45) is 0 Å². The lowest BCUT2D eigenvalue weighted by Crippen LogP contribution is -2.35. The van der Waals surface area contributed by atoms with E-state index in [-0.39, 0.29) is 11.3 Å². The molecular weight excluding hydrogens is 290 g/mol. The maximum Gasteiger partial charge on any atom is 0.289 e. The molecule has 0 spiro atoms. The van der Waals surface area contributed by atoms with E-state index >= 15 is 0 Å². The van der Waals surface area contributed by atoms with Crippen LogP contribution in [0.25, 0.3) is 0 Å². The number of benzene rings is 1. The Labute approximate surface area is 129 Å². The van der Waals surface area contributed by atoms with Gasteiger partial charge in [-0.05, 0) is 37.5 Å². The Morgan fingerprint density at radius 2 is 1.90 bits per heavy atom. The molecule has 1 N–H and O–H groups in total. The van der Waals surface area contributed by atoms with Gasteiger partial charge in [0.1, 0.15) is 19.0 Å². The first-order valence-electron chi connectivity index (χ1n) is 7.11. The standard InChI is InChI=1S/C16H18ClNO3/c1-11-14(21-9-8-20-11)15(19)18-10-16(6-7-16)12-2-4-13(17)5-3-12/h2-5H,6-10H2,1H3,(H,18,19). The van der Waals surface area contributed by atoms with Gasteiger partial charge in [-0.15, -0.1) is 0 Å². The van der Waals surface area contributed by atoms with Crippen molar-refractivity contribution in [3.63, 3.8) is 0 Å². The summed E-state index contributed by atoms with van der Waals surface area (Å²) >= 11 is 5.92. The molecule has 3 rings (SSSR count). The van der Waals surface area contributed by atoms with Crippen LogP contribution in [0.15, 0.2) is 35.8 Å². The number of carbonyl (C=O) groups is 1. The van der Waals surface area contributed by atoms with Crippen molar-refractivity contribution in [1.82, 2.24) is 5.32 Å². The minimum atomic E-state index is -0.201. The molecule has 112 valence electrons.